The Hall–Kier alpha value is -1.26. The van der Waals surface area contributed by atoms with E-state index in [9.17, 15) is 0 Å². The highest BCUT2D eigenvalue weighted by molar-refractivity contribution is 5.52. The van der Waals surface area contributed by atoms with E-state index in [0.29, 0.717) is 6.54 Å². The highest BCUT2D eigenvalue weighted by atomic mass is 16.5. The molecule has 2 unspecified atom stereocenters. The second-order valence-electron chi connectivity index (χ2n) is 5.32. The number of nitrogens with two attached hydrogens (primary N) is 1. The number of ether oxygens (including phenoxy) is 2. The van der Waals surface area contributed by atoms with Crippen molar-refractivity contribution < 1.29 is 9.47 Å². The molecule has 2 rings (SSSR count). The molecule has 0 aliphatic carbocycles. The van der Waals surface area contributed by atoms with Crippen LogP contribution in [0.15, 0.2) is 24.3 Å². The van der Waals surface area contributed by atoms with Crippen LogP contribution < -0.4 is 15.4 Å². The van der Waals surface area contributed by atoms with Crippen molar-refractivity contribution >= 4 is 5.69 Å². The first-order valence-electron chi connectivity index (χ1n) is 6.81. The van der Waals surface area contributed by atoms with Gasteiger partial charge in [0.25, 0.3) is 0 Å². The van der Waals surface area contributed by atoms with Gasteiger partial charge in [-0.3, -0.25) is 0 Å². The summed E-state index contributed by atoms with van der Waals surface area (Å²) in [5.74, 6) is 0.872. The van der Waals surface area contributed by atoms with Gasteiger partial charge in [0.2, 0.25) is 0 Å². The molecule has 1 saturated heterocycles. The smallest absolute Gasteiger partial charge is 0.120 e. The SMILES string of the molecule is COc1cccc(N(C)C2(CN)CCOC(C)C2)c1. The number of likely N-dealkylation sites (N-methyl/N-ethyl adjacent to an activating group) is 1. The van der Waals surface area contributed by atoms with Crippen LogP contribution in [-0.4, -0.2) is 39.0 Å². The van der Waals surface area contributed by atoms with E-state index in [4.69, 9.17) is 15.2 Å². The molecule has 1 fully saturated rings. The molecule has 106 valence electrons. The molecule has 4 heteroatoms. The van der Waals surface area contributed by atoms with Gasteiger partial charge in [-0.15, -0.1) is 0 Å². The molecule has 0 aromatic heterocycles. The summed E-state index contributed by atoms with van der Waals surface area (Å²) in [7, 11) is 3.80. The largest absolute Gasteiger partial charge is 0.497 e. The van der Waals surface area contributed by atoms with E-state index in [2.05, 4.69) is 31.0 Å². The van der Waals surface area contributed by atoms with Gasteiger partial charge in [-0.1, -0.05) is 6.07 Å². The second-order valence-corrected chi connectivity index (χ2v) is 5.32. The van der Waals surface area contributed by atoms with Crippen molar-refractivity contribution in [3.63, 3.8) is 0 Å². The van der Waals surface area contributed by atoms with Gasteiger partial charge in [-0.05, 0) is 31.9 Å². The molecule has 1 heterocycles. The zero-order valence-electron chi connectivity index (χ0n) is 12.1. The zero-order chi connectivity index (χ0) is 13.9. The molecule has 0 amide bonds. The number of nitrogens with zero attached hydrogens (tertiary/aromatic N) is 1. The van der Waals surface area contributed by atoms with Crippen molar-refractivity contribution in [2.75, 3.05) is 32.2 Å². The number of hydrogen-bond donors (Lipinski definition) is 1. The van der Waals surface area contributed by atoms with Gasteiger partial charge < -0.3 is 20.1 Å². The Bertz CT molecular complexity index is 424. The van der Waals surface area contributed by atoms with E-state index >= 15 is 0 Å². The number of hydrogen-bond acceptors (Lipinski definition) is 4. The highest BCUT2D eigenvalue weighted by Gasteiger charge is 2.38. The third-order valence-electron chi connectivity index (χ3n) is 4.17. The molecule has 4 nitrogen and oxygen atoms in total. The fourth-order valence-electron chi connectivity index (χ4n) is 2.87. The van der Waals surface area contributed by atoms with Crippen molar-refractivity contribution in [2.45, 2.75) is 31.4 Å². The molecule has 19 heavy (non-hydrogen) atoms. The van der Waals surface area contributed by atoms with Crippen LogP contribution in [0.3, 0.4) is 0 Å². The normalized spacial score (nSPS) is 27.1. The zero-order valence-corrected chi connectivity index (χ0v) is 12.1. The fraction of sp³-hybridized carbons (Fsp3) is 0.600. The van der Waals surface area contributed by atoms with E-state index in [-0.39, 0.29) is 11.6 Å². The highest BCUT2D eigenvalue weighted by Crippen LogP contribution is 2.34. The van der Waals surface area contributed by atoms with Gasteiger partial charge in [0, 0.05) is 32.0 Å². The van der Waals surface area contributed by atoms with Crippen LogP contribution in [0, 0.1) is 0 Å². The van der Waals surface area contributed by atoms with E-state index in [1.807, 2.05) is 12.1 Å². The monoisotopic (exact) mass is 264 g/mol. The third kappa shape index (κ3) is 2.85. The Balaban J connectivity index is 2.26. The van der Waals surface area contributed by atoms with Crippen molar-refractivity contribution in [1.82, 2.24) is 0 Å². The molecular weight excluding hydrogens is 240 g/mol. The molecular formula is C15H24N2O2. The lowest BCUT2D eigenvalue weighted by Gasteiger charge is -2.47. The molecule has 0 saturated carbocycles. The lowest BCUT2D eigenvalue weighted by atomic mass is 9.85. The second kappa shape index (κ2) is 5.80. The van der Waals surface area contributed by atoms with Crippen LogP contribution in [0.5, 0.6) is 5.75 Å². The van der Waals surface area contributed by atoms with Crippen molar-refractivity contribution in [3.8, 4) is 5.75 Å². The Morgan fingerprint density at radius 3 is 2.95 bits per heavy atom. The Labute approximate surface area is 115 Å². The lowest BCUT2D eigenvalue weighted by molar-refractivity contribution is -0.00638. The predicted octanol–water partition coefficient (Wildman–Crippen LogP) is 2.03. The first-order chi connectivity index (χ1) is 9.11. The topological polar surface area (TPSA) is 47.7 Å². The van der Waals surface area contributed by atoms with Gasteiger partial charge in [0.1, 0.15) is 5.75 Å². The predicted molar refractivity (Wildman–Crippen MR) is 77.8 cm³/mol. The average Bonchev–Trinajstić information content (AvgIpc) is 2.46. The van der Waals surface area contributed by atoms with Crippen LogP contribution in [0.2, 0.25) is 0 Å². The van der Waals surface area contributed by atoms with Gasteiger partial charge in [-0.25, -0.2) is 0 Å². The maximum atomic E-state index is 6.08. The van der Waals surface area contributed by atoms with E-state index < -0.39 is 0 Å². The average molecular weight is 264 g/mol. The number of rotatable bonds is 4. The standard InChI is InChI=1S/C15H24N2O2/c1-12-10-15(11-16,7-8-19-12)17(2)13-5-4-6-14(9-13)18-3/h4-6,9,12H,7-8,10-11,16H2,1-3H3. The van der Waals surface area contributed by atoms with Crippen LogP contribution >= 0.6 is 0 Å². The fourth-order valence-corrected chi connectivity index (χ4v) is 2.87. The lowest BCUT2D eigenvalue weighted by Crippen LogP contribution is -2.57. The maximum absolute atomic E-state index is 6.08. The Kier molecular flexibility index (Phi) is 4.32. The molecule has 0 bridgehead atoms. The number of benzene rings is 1. The molecule has 2 N–H and O–H groups in total. The van der Waals surface area contributed by atoms with Gasteiger partial charge in [0.05, 0.1) is 18.8 Å². The summed E-state index contributed by atoms with van der Waals surface area (Å²) in [6, 6.07) is 8.12. The number of anilines is 1. The van der Waals surface area contributed by atoms with Crippen molar-refractivity contribution in [1.29, 1.82) is 0 Å². The summed E-state index contributed by atoms with van der Waals surface area (Å²) in [5.41, 5.74) is 7.19. The van der Waals surface area contributed by atoms with Crippen LogP contribution in [-0.2, 0) is 4.74 Å². The molecule has 2 atom stereocenters. The van der Waals surface area contributed by atoms with E-state index in [1.54, 1.807) is 7.11 Å². The molecule has 0 spiro atoms. The minimum Gasteiger partial charge on any atom is -0.497 e. The summed E-state index contributed by atoms with van der Waals surface area (Å²) in [6.45, 7) is 3.52. The summed E-state index contributed by atoms with van der Waals surface area (Å²) in [5, 5.41) is 0. The van der Waals surface area contributed by atoms with Gasteiger partial charge in [-0.2, -0.15) is 0 Å². The summed E-state index contributed by atoms with van der Waals surface area (Å²) < 4.78 is 11.0. The van der Waals surface area contributed by atoms with Crippen LogP contribution in [0.25, 0.3) is 0 Å². The number of methoxy groups -OCH3 is 1. The third-order valence-corrected chi connectivity index (χ3v) is 4.17. The minimum atomic E-state index is -0.0238. The maximum Gasteiger partial charge on any atom is 0.120 e. The molecule has 0 radical (unpaired) electrons. The quantitative estimate of drug-likeness (QED) is 0.904. The van der Waals surface area contributed by atoms with E-state index in [0.717, 1.165) is 30.9 Å². The van der Waals surface area contributed by atoms with Crippen LogP contribution in [0.4, 0.5) is 5.69 Å². The first kappa shape index (κ1) is 14.2. The first-order valence-corrected chi connectivity index (χ1v) is 6.81. The summed E-state index contributed by atoms with van der Waals surface area (Å²) >= 11 is 0. The molecule has 1 aliphatic heterocycles. The van der Waals surface area contributed by atoms with Gasteiger partial charge >= 0.3 is 0 Å². The summed E-state index contributed by atoms with van der Waals surface area (Å²) in [6.07, 6.45) is 2.17. The molecule has 1 aromatic carbocycles. The van der Waals surface area contributed by atoms with Crippen LogP contribution in [0.1, 0.15) is 19.8 Å². The minimum absolute atomic E-state index is 0.0238. The van der Waals surface area contributed by atoms with Crippen molar-refractivity contribution in [3.05, 3.63) is 24.3 Å². The Morgan fingerprint density at radius 1 is 1.53 bits per heavy atom. The van der Waals surface area contributed by atoms with E-state index in [1.165, 1.54) is 0 Å². The van der Waals surface area contributed by atoms with Crippen molar-refractivity contribution in [2.24, 2.45) is 5.73 Å². The molecule has 1 aliphatic rings. The van der Waals surface area contributed by atoms with Gasteiger partial charge in [0.15, 0.2) is 0 Å². The molecule has 1 aromatic rings. The summed E-state index contributed by atoms with van der Waals surface area (Å²) in [4.78, 5) is 2.29. The Morgan fingerprint density at radius 2 is 2.32 bits per heavy atom.